The molecule has 1 saturated heterocycles. The zero-order valence-electron chi connectivity index (χ0n) is 17.4. The van der Waals surface area contributed by atoms with Crippen LogP contribution < -0.4 is 14.9 Å². The molecular weight excluding hydrogens is 466 g/mol. The van der Waals surface area contributed by atoms with Gasteiger partial charge in [-0.3, -0.25) is 9.69 Å². The number of amides is 1. The number of hydrogen-bond acceptors (Lipinski definition) is 6. The first kappa shape index (κ1) is 22.4. The molecule has 1 amide bonds. The van der Waals surface area contributed by atoms with E-state index in [2.05, 4.69) is 16.0 Å². The largest absolute Gasteiger partial charge is 0.370 e. The van der Waals surface area contributed by atoms with Crippen LogP contribution in [0.4, 0.5) is 10.8 Å². The monoisotopic (exact) mass is 485 g/mol. The fourth-order valence-electron chi connectivity index (χ4n) is 3.58. The molecule has 2 aromatic carbocycles. The van der Waals surface area contributed by atoms with E-state index >= 15 is 0 Å². The Morgan fingerprint density at radius 2 is 2.00 bits per heavy atom. The van der Waals surface area contributed by atoms with E-state index in [4.69, 9.17) is 22.0 Å². The van der Waals surface area contributed by atoms with Gasteiger partial charge in [0.2, 0.25) is 5.91 Å². The number of anilines is 2. The van der Waals surface area contributed by atoms with E-state index in [-0.39, 0.29) is 11.8 Å². The predicted molar refractivity (Wildman–Crippen MR) is 128 cm³/mol. The molecule has 1 aliphatic rings. The Morgan fingerprint density at radius 1 is 1.31 bits per heavy atom. The first-order valence-corrected chi connectivity index (χ1v) is 12.2. The van der Waals surface area contributed by atoms with Crippen molar-refractivity contribution >= 4 is 50.6 Å². The van der Waals surface area contributed by atoms with Crippen LogP contribution in [0.15, 0.2) is 46.7 Å². The Labute approximate surface area is 197 Å². The van der Waals surface area contributed by atoms with Gasteiger partial charge >= 0.3 is 0 Å². The Bertz CT molecular complexity index is 1250. The maximum atomic E-state index is 12.8. The molecule has 0 bridgehead atoms. The van der Waals surface area contributed by atoms with Crippen LogP contribution in [0.5, 0.6) is 0 Å². The number of hydrogen-bond donors (Lipinski definition) is 1. The molecule has 2 heterocycles. The molecule has 4 rings (SSSR count). The second kappa shape index (κ2) is 9.00. The fraction of sp³-hybridized carbons (Fsp3) is 0.227. The third kappa shape index (κ3) is 4.27. The molecule has 1 fully saturated rings. The number of rotatable bonds is 5. The molecule has 0 saturated carbocycles. The molecule has 1 aromatic heterocycles. The number of aryl methyl sites for hydroxylation is 1. The number of benzene rings is 2. The molecule has 0 spiro atoms. The summed E-state index contributed by atoms with van der Waals surface area (Å²) >= 11 is 7.48. The highest BCUT2D eigenvalue weighted by atomic mass is 35.5. The third-order valence-corrected chi connectivity index (χ3v) is 8.17. The lowest BCUT2D eigenvalue weighted by Gasteiger charge is -2.41. The molecule has 2 N–H and O–H groups in total. The van der Waals surface area contributed by atoms with Crippen LogP contribution in [0, 0.1) is 24.2 Å². The molecule has 1 unspecified atom stereocenters. The highest BCUT2D eigenvalue weighted by Gasteiger charge is 2.36. The van der Waals surface area contributed by atoms with Gasteiger partial charge in [-0.25, -0.2) is 14.3 Å². The highest BCUT2D eigenvalue weighted by Crippen LogP contribution is 2.33. The van der Waals surface area contributed by atoms with E-state index in [1.807, 2.05) is 24.3 Å². The van der Waals surface area contributed by atoms with Crippen molar-refractivity contribution in [1.82, 2.24) is 4.98 Å². The highest BCUT2D eigenvalue weighted by molar-refractivity contribution is 7.85. The normalized spacial score (nSPS) is 14.5. The minimum atomic E-state index is -1.61. The number of nitrogens with two attached hydrogens (primary N) is 1. The van der Waals surface area contributed by atoms with Crippen molar-refractivity contribution in [2.75, 3.05) is 29.9 Å². The van der Waals surface area contributed by atoms with Gasteiger partial charge < -0.3 is 4.90 Å². The molecule has 10 heteroatoms. The molecule has 1 aliphatic heterocycles. The zero-order chi connectivity index (χ0) is 23.0. The van der Waals surface area contributed by atoms with Crippen LogP contribution in [-0.2, 0) is 15.8 Å². The second-order valence-electron chi connectivity index (χ2n) is 7.52. The van der Waals surface area contributed by atoms with Crippen molar-refractivity contribution in [3.8, 4) is 17.2 Å². The van der Waals surface area contributed by atoms with Crippen molar-refractivity contribution < 1.29 is 9.00 Å². The smallest absolute Gasteiger partial charge is 0.235 e. The minimum Gasteiger partial charge on any atom is -0.370 e. The van der Waals surface area contributed by atoms with E-state index in [1.54, 1.807) is 32.2 Å². The van der Waals surface area contributed by atoms with Crippen molar-refractivity contribution in [1.29, 1.82) is 5.26 Å². The van der Waals surface area contributed by atoms with Gasteiger partial charge in [0.25, 0.3) is 0 Å². The van der Waals surface area contributed by atoms with Gasteiger partial charge in [0.05, 0.1) is 23.2 Å². The number of nitriles is 1. The van der Waals surface area contributed by atoms with Gasteiger partial charge in [-0.05, 0) is 42.8 Å². The Morgan fingerprint density at radius 3 is 2.59 bits per heavy atom. The second-order valence-corrected chi connectivity index (χ2v) is 10.2. The van der Waals surface area contributed by atoms with Gasteiger partial charge in [0, 0.05) is 36.4 Å². The van der Waals surface area contributed by atoms with E-state index in [0.29, 0.717) is 38.7 Å². The maximum absolute atomic E-state index is 12.8. The summed E-state index contributed by atoms with van der Waals surface area (Å²) in [5.74, 6) is -0.168. The zero-order valence-corrected chi connectivity index (χ0v) is 19.8. The van der Waals surface area contributed by atoms with Crippen LogP contribution in [-0.4, -0.2) is 35.2 Å². The van der Waals surface area contributed by atoms with Crippen LogP contribution in [0.25, 0.3) is 11.1 Å². The first-order valence-electron chi connectivity index (χ1n) is 9.74. The van der Waals surface area contributed by atoms with Crippen LogP contribution in [0.2, 0.25) is 5.02 Å². The number of thiazole rings is 1. The SMILES string of the molecule is Cc1nc(N(C)C(=O)C2CN(c3ccc(-c4cc(C#N)ccc4Cl)cc3)C2)sc1S(N)=O. The van der Waals surface area contributed by atoms with Crippen molar-refractivity contribution in [2.24, 2.45) is 11.1 Å². The fourth-order valence-corrected chi connectivity index (χ4v) is 5.46. The summed E-state index contributed by atoms with van der Waals surface area (Å²) in [7, 11) is 0.0685. The number of carbonyl (C=O) groups excluding carboxylic acids is 1. The number of aromatic nitrogens is 1. The topological polar surface area (TPSA) is 103 Å². The minimum absolute atomic E-state index is 0.0268. The molecule has 0 aliphatic carbocycles. The van der Waals surface area contributed by atoms with Crippen LogP contribution in [0.1, 0.15) is 11.3 Å². The Kier molecular flexibility index (Phi) is 6.31. The lowest BCUT2D eigenvalue weighted by atomic mass is 9.96. The molecule has 1 atom stereocenters. The van der Waals surface area contributed by atoms with Gasteiger partial charge in [-0.1, -0.05) is 35.1 Å². The molecule has 32 heavy (non-hydrogen) atoms. The summed E-state index contributed by atoms with van der Waals surface area (Å²) in [5, 5.41) is 15.7. The summed E-state index contributed by atoms with van der Waals surface area (Å²) in [6.07, 6.45) is 0. The summed E-state index contributed by atoms with van der Waals surface area (Å²) in [6, 6.07) is 15.2. The number of halogens is 1. The van der Waals surface area contributed by atoms with Crippen molar-refractivity contribution in [3.63, 3.8) is 0 Å². The van der Waals surface area contributed by atoms with Crippen molar-refractivity contribution in [2.45, 2.75) is 11.1 Å². The lowest BCUT2D eigenvalue weighted by molar-refractivity contribution is -0.122. The van der Waals surface area contributed by atoms with E-state index < -0.39 is 11.0 Å². The first-order chi connectivity index (χ1) is 15.3. The van der Waals surface area contributed by atoms with Crippen LogP contribution >= 0.6 is 22.9 Å². The average molecular weight is 486 g/mol. The summed E-state index contributed by atoms with van der Waals surface area (Å²) in [5.41, 5.74) is 3.89. The molecule has 0 radical (unpaired) electrons. The van der Waals surface area contributed by atoms with E-state index in [0.717, 1.165) is 16.8 Å². The quantitative estimate of drug-likeness (QED) is 0.593. The van der Waals surface area contributed by atoms with E-state index in [9.17, 15) is 9.00 Å². The van der Waals surface area contributed by atoms with Gasteiger partial charge in [-0.15, -0.1) is 0 Å². The predicted octanol–water partition coefficient (Wildman–Crippen LogP) is 3.72. The van der Waals surface area contributed by atoms with Gasteiger partial charge in [0.1, 0.15) is 15.2 Å². The Hall–Kier alpha value is -2.77. The third-order valence-electron chi connectivity index (χ3n) is 5.41. The standard InChI is InChI=1S/C22H20ClN5O2S2/c1-13-21(32(25)30)31-22(26-13)27(2)20(29)16-11-28(12-16)17-6-4-15(5-7-17)18-9-14(10-24)3-8-19(18)23/h3-9,16H,11-12,25H2,1-2H3. The molecule has 3 aromatic rings. The number of carbonyl (C=O) groups is 1. The summed E-state index contributed by atoms with van der Waals surface area (Å²) < 4.78 is 12.0. The van der Waals surface area contributed by atoms with Gasteiger partial charge in [-0.2, -0.15) is 5.26 Å². The number of nitrogens with zero attached hydrogens (tertiary/aromatic N) is 4. The van der Waals surface area contributed by atoms with Crippen LogP contribution in [0.3, 0.4) is 0 Å². The maximum Gasteiger partial charge on any atom is 0.235 e. The molecule has 164 valence electrons. The summed E-state index contributed by atoms with van der Waals surface area (Å²) in [6.45, 7) is 2.94. The van der Waals surface area contributed by atoms with E-state index in [1.165, 1.54) is 16.2 Å². The summed E-state index contributed by atoms with van der Waals surface area (Å²) in [4.78, 5) is 20.8. The molecular formula is C22H20ClN5O2S2. The lowest BCUT2D eigenvalue weighted by Crippen LogP contribution is -2.54. The average Bonchev–Trinajstić information content (AvgIpc) is 3.15. The van der Waals surface area contributed by atoms with Crippen molar-refractivity contribution in [3.05, 3.63) is 58.7 Å². The van der Waals surface area contributed by atoms with Gasteiger partial charge in [0.15, 0.2) is 5.13 Å². The Balaban J connectivity index is 1.41. The molecule has 7 nitrogen and oxygen atoms in total.